The second kappa shape index (κ2) is 14.7. The fourth-order valence-corrected chi connectivity index (χ4v) is 12.5. The van der Waals surface area contributed by atoms with Crippen molar-refractivity contribution in [3.63, 3.8) is 0 Å². The number of hydrogen-bond donors (Lipinski definition) is 3. The Kier molecular flexibility index (Phi) is 11.6. The van der Waals surface area contributed by atoms with E-state index in [0.29, 0.717) is 29.6 Å². The van der Waals surface area contributed by atoms with E-state index < -0.39 is 16.3 Å². The first-order chi connectivity index (χ1) is 23.9. The van der Waals surface area contributed by atoms with E-state index in [1.54, 1.807) is 39.0 Å². The summed E-state index contributed by atoms with van der Waals surface area (Å²) in [5.74, 6) is -0.371. The maximum absolute atomic E-state index is 13.1. The Morgan fingerprint density at radius 1 is 0.765 bits per heavy atom. The molecule has 0 aromatic heterocycles. The average molecular weight is 743 g/mol. The Bertz CT molecular complexity index is 1530. The standard InChI is InChI=1S/C42H62O7S2/c1-10-25(4)35(44)47-24-39(9)31-16-19-41(50)29-15-18-40(23-43)22-34(49-37(46)27(6)12-3)38(7,8)21-30(40)28(29)13-14-32(41)42(31,51)20-17-33(39)48-36(45)26(5)11-2/h10-13,29-34,43,50-51H,14-24H2,1-9H3/b25-10+,26-11+,27-12+/t29?,30?,31?,32?,33-,34-,39+,40-,41+,42+/m0/s1. The number of aliphatic hydroxyl groups excluding tert-OH is 1. The number of carbonyl (C=O) groups excluding carboxylic acids is 3. The van der Waals surface area contributed by atoms with Gasteiger partial charge in [-0.2, -0.15) is 25.3 Å². The average Bonchev–Trinajstić information content (AvgIpc) is 3.10. The Labute approximate surface area is 317 Å². The van der Waals surface area contributed by atoms with Gasteiger partial charge in [-0.25, -0.2) is 14.4 Å². The van der Waals surface area contributed by atoms with Crippen LogP contribution in [0.1, 0.15) is 120 Å². The second-order valence-corrected chi connectivity index (χ2v) is 19.1. The predicted octanol–water partition coefficient (Wildman–Crippen LogP) is 8.57. The molecule has 0 bridgehead atoms. The van der Waals surface area contributed by atoms with Crippen molar-refractivity contribution in [3.05, 3.63) is 46.6 Å². The summed E-state index contributed by atoms with van der Waals surface area (Å²) < 4.78 is 17.7. The van der Waals surface area contributed by atoms with Gasteiger partial charge in [-0.1, -0.05) is 50.6 Å². The molecule has 1 N–H and O–H groups in total. The molecule has 4 fully saturated rings. The Morgan fingerprint density at radius 3 is 1.92 bits per heavy atom. The number of carbonyl (C=O) groups is 3. The van der Waals surface area contributed by atoms with Gasteiger partial charge in [0.05, 0.1) is 0 Å². The molecule has 9 heteroatoms. The lowest BCUT2D eigenvalue weighted by Crippen LogP contribution is -2.68. The zero-order valence-electron chi connectivity index (χ0n) is 32.3. The van der Waals surface area contributed by atoms with Crippen molar-refractivity contribution in [1.82, 2.24) is 0 Å². The number of esters is 3. The van der Waals surface area contributed by atoms with E-state index in [4.69, 9.17) is 39.5 Å². The van der Waals surface area contributed by atoms with Gasteiger partial charge in [0, 0.05) is 49.1 Å². The molecule has 5 rings (SSSR count). The van der Waals surface area contributed by atoms with Crippen LogP contribution in [0, 0.1) is 39.9 Å². The minimum atomic E-state index is -0.643. The monoisotopic (exact) mass is 742 g/mol. The summed E-state index contributed by atoms with van der Waals surface area (Å²) in [4.78, 5) is 39.0. The summed E-state index contributed by atoms with van der Waals surface area (Å²) in [6, 6.07) is 0. The van der Waals surface area contributed by atoms with Crippen molar-refractivity contribution in [2.24, 2.45) is 39.9 Å². The van der Waals surface area contributed by atoms with Crippen LogP contribution in [-0.4, -0.2) is 57.9 Å². The third-order valence-electron chi connectivity index (χ3n) is 14.4. The summed E-state index contributed by atoms with van der Waals surface area (Å²) >= 11 is 11.4. The minimum Gasteiger partial charge on any atom is -0.462 e. The number of hydrogen-bond acceptors (Lipinski definition) is 9. The molecule has 10 atom stereocenters. The molecule has 0 aromatic carbocycles. The van der Waals surface area contributed by atoms with E-state index in [0.717, 1.165) is 44.9 Å². The molecular formula is C42H62O7S2. The highest BCUT2D eigenvalue weighted by Gasteiger charge is 2.68. The van der Waals surface area contributed by atoms with E-state index in [2.05, 4.69) is 26.8 Å². The first-order valence-corrected chi connectivity index (χ1v) is 20.0. The van der Waals surface area contributed by atoms with Crippen molar-refractivity contribution in [1.29, 1.82) is 0 Å². The van der Waals surface area contributed by atoms with Gasteiger partial charge < -0.3 is 19.3 Å². The van der Waals surface area contributed by atoms with Crippen molar-refractivity contribution in [3.8, 4) is 0 Å². The van der Waals surface area contributed by atoms with Crippen LogP contribution in [0.15, 0.2) is 46.6 Å². The van der Waals surface area contributed by atoms with E-state index in [-0.39, 0.29) is 76.5 Å². The molecule has 0 amide bonds. The highest BCUT2D eigenvalue weighted by Crippen LogP contribution is 2.70. The fourth-order valence-electron chi connectivity index (χ4n) is 10.8. The van der Waals surface area contributed by atoms with E-state index >= 15 is 0 Å². The van der Waals surface area contributed by atoms with Crippen LogP contribution in [0.2, 0.25) is 0 Å². The summed E-state index contributed by atoms with van der Waals surface area (Å²) in [6.07, 6.45) is 14.2. The Morgan fingerprint density at radius 2 is 1.33 bits per heavy atom. The largest absolute Gasteiger partial charge is 0.462 e. The third-order valence-corrected chi connectivity index (χ3v) is 16.1. The maximum atomic E-state index is 13.1. The molecule has 7 nitrogen and oxygen atoms in total. The van der Waals surface area contributed by atoms with Crippen molar-refractivity contribution >= 4 is 43.2 Å². The van der Waals surface area contributed by atoms with E-state index in [9.17, 15) is 19.5 Å². The van der Waals surface area contributed by atoms with Crippen molar-refractivity contribution in [2.45, 2.75) is 142 Å². The molecule has 0 aliphatic heterocycles. The highest BCUT2D eigenvalue weighted by atomic mass is 32.1. The lowest BCUT2D eigenvalue weighted by molar-refractivity contribution is -0.178. The number of allylic oxidation sites excluding steroid dienone is 5. The molecule has 4 saturated carbocycles. The fraction of sp³-hybridized carbons (Fsp3) is 0.738. The maximum Gasteiger partial charge on any atom is 0.333 e. The SMILES string of the molecule is C/C=C(\C)C(=O)OC[C@]1(C)C2CC[C@@]3(S)C4CC[C@@]5(CO)C[C@H](OC(=O)/C(C)=C/C)C(C)(C)CC5C4=CCC3[C@@]2(S)CC[C@@H]1OC(=O)/C(C)=C/C. The quantitative estimate of drug-likeness (QED) is 0.0754. The minimum absolute atomic E-state index is 0.0227. The zero-order valence-corrected chi connectivity index (χ0v) is 34.1. The van der Waals surface area contributed by atoms with Gasteiger partial charge in [0.25, 0.3) is 0 Å². The van der Waals surface area contributed by atoms with Gasteiger partial charge in [0.2, 0.25) is 0 Å². The lowest BCUT2D eigenvalue weighted by atomic mass is 9.43. The number of thiol groups is 2. The van der Waals surface area contributed by atoms with Gasteiger partial charge >= 0.3 is 17.9 Å². The lowest BCUT2D eigenvalue weighted by Gasteiger charge is -2.67. The van der Waals surface area contributed by atoms with Crippen LogP contribution in [0.25, 0.3) is 0 Å². The first-order valence-electron chi connectivity index (χ1n) is 19.1. The van der Waals surface area contributed by atoms with E-state index in [1.165, 1.54) is 5.57 Å². The molecule has 0 aromatic rings. The topological polar surface area (TPSA) is 99.1 Å². The molecule has 0 spiro atoms. The van der Waals surface area contributed by atoms with Gasteiger partial charge in [0.15, 0.2) is 0 Å². The first kappa shape index (κ1) is 40.2. The van der Waals surface area contributed by atoms with Gasteiger partial charge in [-0.15, -0.1) is 0 Å². The van der Waals surface area contributed by atoms with Crippen LogP contribution >= 0.6 is 25.3 Å². The smallest absolute Gasteiger partial charge is 0.333 e. The Hall–Kier alpha value is -1.97. The van der Waals surface area contributed by atoms with Gasteiger partial charge in [-0.05, 0) is 123 Å². The van der Waals surface area contributed by atoms with Crippen molar-refractivity contribution < 1.29 is 33.7 Å². The third kappa shape index (κ3) is 6.83. The molecule has 5 aliphatic rings. The van der Waals surface area contributed by atoms with Crippen LogP contribution in [0.3, 0.4) is 0 Å². The van der Waals surface area contributed by atoms with Crippen LogP contribution < -0.4 is 0 Å². The summed E-state index contributed by atoms with van der Waals surface area (Å²) in [6.45, 7) is 17.5. The second-order valence-electron chi connectivity index (χ2n) is 17.5. The highest BCUT2D eigenvalue weighted by molar-refractivity contribution is 7.83. The number of rotatable bonds is 8. The molecule has 5 aliphatic carbocycles. The Balaban J connectivity index is 1.47. The molecule has 4 unspecified atom stereocenters. The molecule has 0 heterocycles. The number of ether oxygens (including phenoxy) is 3. The summed E-state index contributed by atoms with van der Waals surface area (Å²) in [5, 5.41) is 11.1. The van der Waals surface area contributed by atoms with Crippen LogP contribution in [0.4, 0.5) is 0 Å². The number of fused-ring (bicyclic) bond motifs is 7. The van der Waals surface area contributed by atoms with Crippen LogP contribution in [0.5, 0.6) is 0 Å². The van der Waals surface area contributed by atoms with E-state index in [1.807, 2.05) is 20.8 Å². The van der Waals surface area contributed by atoms with Crippen LogP contribution in [-0.2, 0) is 28.6 Å². The predicted molar refractivity (Wildman–Crippen MR) is 207 cm³/mol. The summed E-state index contributed by atoms with van der Waals surface area (Å²) in [7, 11) is 0. The van der Waals surface area contributed by atoms with Gasteiger partial charge in [0.1, 0.15) is 18.8 Å². The zero-order chi connectivity index (χ0) is 37.7. The summed E-state index contributed by atoms with van der Waals surface area (Å²) in [5.41, 5.74) is 1.88. The van der Waals surface area contributed by atoms with Crippen molar-refractivity contribution in [2.75, 3.05) is 13.2 Å². The molecule has 0 radical (unpaired) electrons. The molecule has 51 heavy (non-hydrogen) atoms. The molecular weight excluding hydrogens is 681 g/mol. The normalized spacial score (nSPS) is 40.8. The molecule has 284 valence electrons. The van der Waals surface area contributed by atoms with Gasteiger partial charge in [-0.3, -0.25) is 0 Å². The number of aliphatic hydroxyl groups is 1. The molecule has 0 saturated heterocycles.